The summed E-state index contributed by atoms with van der Waals surface area (Å²) >= 11 is 0. The minimum atomic E-state index is -5.26. The van der Waals surface area contributed by atoms with Gasteiger partial charge >= 0.3 is 23.9 Å². The molecule has 0 aliphatic heterocycles. The largest absolute Gasteiger partial charge is 0.503 e. The molecule has 0 amide bonds. The highest BCUT2D eigenvalue weighted by molar-refractivity contribution is 7.86. The quantitative estimate of drug-likeness (QED) is 0.0474. The number of aliphatic carboxylic acids is 6. The number of nitrogens with zero attached hydrogens (tertiary/aromatic N) is 2. The average Bonchev–Trinajstić information content (AvgIpc) is 2.89. The fourth-order valence-corrected chi connectivity index (χ4v) is 3.82. The molecule has 0 atom stereocenters. The second-order valence-electron chi connectivity index (χ2n) is 8.93. The Morgan fingerprint density at radius 2 is 0.941 bits per heavy atom. The van der Waals surface area contributed by atoms with Gasteiger partial charge in [0.1, 0.15) is 4.90 Å². The van der Waals surface area contributed by atoms with Gasteiger partial charge < -0.3 is 51.9 Å². The number of phenolic OH excluding ortho intramolecular Hbond substituents is 1. The molecule has 1 aromatic rings. The summed E-state index contributed by atoms with van der Waals surface area (Å²) in [4.78, 5) is 71.3. The molecule has 0 spiro atoms. The molecule has 0 heterocycles. The highest BCUT2D eigenvalue weighted by Gasteiger charge is 2.27. The maximum absolute atomic E-state index is 12.3. The van der Waals surface area contributed by atoms with Crippen LogP contribution in [0.2, 0.25) is 0 Å². The summed E-state index contributed by atoms with van der Waals surface area (Å²) in [6.07, 6.45) is 0. The fraction of sp³-hybridized carbons (Fsp3) is 0.458. The summed E-state index contributed by atoms with van der Waals surface area (Å²) in [5.74, 6) is -10.6. The first-order valence-corrected chi connectivity index (χ1v) is 16.0. The lowest BCUT2D eigenvalue weighted by molar-refractivity contribution is -0.144. The van der Waals surface area contributed by atoms with E-state index in [4.69, 9.17) is 65.6 Å². The highest BCUT2D eigenvalue weighted by Crippen LogP contribution is 2.36. The summed E-state index contributed by atoms with van der Waals surface area (Å²) in [6, 6.07) is 0.549. The summed E-state index contributed by atoms with van der Waals surface area (Å²) in [5, 5.41) is 58.9. The Morgan fingerprint density at radius 1 is 0.627 bits per heavy atom. The van der Waals surface area contributed by atoms with Crippen molar-refractivity contribution in [1.82, 2.24) is 9.80 Å². The second kappa shape index (κ2) is 26.8. The first-order valence-electron chi connectivity index (χ1n) is 13.1. The van der Waals surface area contributed by atoms with E-state index in [0.717, 1.165) is 30.6 Å². The number of aromatic hydroxyl groups is 1. The van der Waals surface area contributed by atoms with Gasteiger partial charge in [0, 0.05) is 53.0 Å². The number of nitrogens with two attached hydrogens (primary N) is 2. The van der Waals surface area contributed by atoms with Crippen molar-refractivity contribution in [3.8, 4) is 11.5 Å². The number of hydrogen-bond acceptors (Lipinski definition) is 17. The van der Waals surface area contributed by atoms with Crippen LogP contribution in [0, 0.1) is 0 Å². The van der Waals surface area contributed by atoms with E-state index in [1.807, 2.05) is 0 Å². The smallest absolute Gasteiger partial charge is 0.325 e. The number of carbonyl (C=O) groups is 7. The van der Waals surface area contributed by atoms with Crippen LogP contribution in [0.25, 0.3) is 0 Å². The molecule has 294 valence electrons. The number of carbonyl (C=O) groups excluding carboxylic acids is 1. The molecule has 0 fully saturated rings. The van der Waals surface area contributed by atoms with Crippen LogP contribution in [0.4, 0.5) is 0 Å². The fourth-order valence-electron chi connectivity index (χ4n) is 2.60. The van der Waals surface area contributed by atoms with Gasteiger partial charge in [0.2, 0.25) is 0 Å². The topological polar surface area (TPSA) is 438 Å². The molecule has 25 nitrogen and oxygen atoms in total. The molecule has 0 saturated carbocycles. The van der Waals surface area contributed by atoms with Crippen LogP contribution in [0.1, 0.15) is 20.8 Å². The van der Waals surface area contributed by atoms with E-state index < -0.39 is 109 Å². The third-order valence-electron chi connectivity index (χ3n) is 4.14. The number of esters is 1. The lowest BCUT2D eigenvalue weighted by Crippen LogP contribution is -2.43. The molecular formula is C24H40N4O21S2. The third-order valence-corrected chi connectivity index (χ3v) is 5.84. The van der Waals surface area contributed by atoms with Crippen LogP contribution in [-0.2, 0) is 53.8 Å². The molecule has 1 aromatic carbocycles. The minimum absolute atomic E-state index is 0.188. The van der Waals surface area contributed by atoms with Crippen molar-refractivity contribution in [1.29, 1.82) is 0 Å². The molecule has 27 heteroatoms. The van der Waals surface area contributed by atoms with E-state index in [9.17, 15) is 41.1 Å². The standard InChI is InChI=1S/C16H20N2O15S2.C2H8N2.3C2H4O2/c19-12(20)5-17(6-13(21)22)1-2-18(7-14(23)24)8-15(25)33-10-3-9(34(27,28)29)4-11(16(10)26)35(30,31)32;3-1-2-4;3*1-2(3)4/h3-4,26H,1-2,5-8H2,(H,19,20)(H,21,22)(H,23,24)(H,27,28,29)(H,30,31,32);1-4H2;3*1H3,(H,3,4). The zero-order chi connectivity index (χ0) is 41.3. The Hall–Kier alpha value is -5.03. The van der Waals surface area contributed by atoms with E-state index in [1.54, 1.807) is 0 Å². The van der Waals surface area contributed by atoms with Crippen molar-refractivity contribution in [2.75, 3.05) is 52.4 Å². The van der Waals surface area contributed by atoms with E-state index in [1.165, 1.54) is 0 Å². The Bertz CT molecular complexity index is 1490. The first-order chi connectivity index (χ1) is 23.0. The van der Waals surface area contributed by atoms with Gasteiger partial charge in [0.05, 0.1) is 31.1 Å². The van der Waals surface area contributed by atoms with E-state index >= 15 is 0 Å². The molecule has 0 bridgehead atoms. The molecule has 0 radical (unpaired) electrons. The predicted octanol–water partition coefficient (Wildman–Crippen LogP) is -3.17. The second-order valence-corrected chi connectivity index (χ2v) is 11.7. The van der Waals surface area contributed by atoms with E-state index in [0.29, 0.717) is 19.2 Å². The molecule has 0 aliphatic carbocycles. The lowest BCUT2D eigenvalue weighted by atomic mass is 10.3. The predicted molar refractivity (Wildman–Crippen MR) is 167 cm³/mol. The molecule has 51 heavy (non-hydrogen) atoms. The SMILES string of the molecule is CC(=O)O.CC(=O)O.CC(=O)O.NCCN.O=C(O)CN(CCN(CC(=O)O)CC(=O)Oc1cc(S(=O)(=O)O)cc(S(=O)(=O)O)c1O)CC(=O)O. The number of carboxylic acid groups (broad SMARTS) is 6. The number of hydrogen-bond donors (Lipinski definition) is 11. The van der Waals surface area contributed by atoms with Crippen LogP contribution in [0.15, 0.2) is 21.9 Å². The van der Waals surface area contributed by atoms with Gasteiger partial charge in [-0.1, -0.05) is 0 Å². The molecule has 1 rings (SSSR count). The Morgan fingerprint density at radius 3 is 1.20 bits per heavy atom. The van der Waals surface area contributed by atoms with Gasteiger partial charge in [-0.15, -0.1) is 0 Å². The first kappa shape index (κ1) is 52.8. The molecule has 0 aromatic heterocycles. The zero-order valence-electron chi connectivity index (χ0n) is 27.1. The molecule has 0 aliphatic rings. The number of phenols is 1. The third kappa shape index (κ3) is 34.6. The number of benzene rings is 1. The monoisotopic (exact) mass is 784 g/mol. The lowest BCUT2D eigenvalue weighted by Gasteiger charge is -2.24. The molecular weight excluding hydrogens is 744 g/mol. The molecule has 0 saturated heterocycles. The number of rotatable bonds is 15. The van der Waals surface area contributed by atoms with Gasteiger partial charge in [0.25, 0.3) is 38.1 Å². The van der Waals surface area contributed by atoms with Crippen molar-refractivity contribution >= 4 is 62.0 Å². The zero-order valence-corrected chi connectivity index (χ0v) is 28.7. The molecule has 0 unspecified atom stereocenters. The van der Waals surface area contributed by atoms with Crippen molar-refractivity contribution in [3.05, 3.63) is 12.1 Å². The minimum Gasteiger partial charge on any atom is -0.503 e. The van der Waals surface area contributed by atoms with Gasteiger partial charge in [-0.2, -0.15) is 16.8 Å². The number of carboxylic acids is 6. The van der Waals surface area contributed by atoms with Gasteiger partial charge in [-0.3, -0.25) is 52.5 Å². The summed E-state index contributed by atoms with van der Waals surface area (Å²) < 4.78 is 68.5. The van der Waals surface area contributed by atoms with Gasteiger partial charge in [0.15, 0.2) is 11.5 Å². The normalized spacial score (nSPS) is 10.3. The summed E-state index contributed by atoms with van der Waals surface area (Å²) in [6.45, 7) is 0.608. The van der Waals surface area contributed by atoms with E-state index in [2.05, 4.69) is 4.74 Å². The van der Waals surface area contributed by atoms with Crippen molar-refractivity contribution < 1.29 is 100.0 Å². The highest BCUT2D eigenvalue weighted by atomic mass is 32.2. The summed E-state index contributed by atoms with van der Waals surface area (Å²) in [7, 11) is -10.4. The maximum atomic E-state index is 12.3. The van der Waals surface area contributed by atoms with Crippen LogP contribution < -0.4 is 16.2 Å². The Labute approximate surface area is 289 Å². The van der Waals surface area contributed by atoms with Crippen molar-refractivity contribution in [3.63, 3.8) is 0 Å². The Balaban J connectivity index is -0.000000574. The van der Waals surface area contributed by atoms with E-state index in [-0.39, 0.29) is 19.2 Å². The number of ether oxygens (including phenoxy) is 1. The van der Waals surface area contributed by atoms with Crippen molar-refractivity contribution in [2.45, 2.75) is 30.6 Å². The van der Waals surface area contributed by atoms with Crippen LogP contribution in [0.3, 0.4) is 0 Å². The average molecular weight is 785 g/mol. The van der Waals surface area contributed by atoms with Crippen LogP contribution >= 0.6 is 0 Å². The molecule has 13 N–H and O–H groups in total. The van der Waals surface area contributed by atoms with Gasteiger partial charge in [-0.25, -0.2) is 0 Å². The maximum Gasteiger partial charge on any atom is 0.325 e. The summed E-state index contributed by atoms with van der Waals surface area (Å²) in [5.41, 5.74) is 9.81. The van der Waals surface area contributed by atoms with Gasteiger partial charge in [-0.05, 0) is 6.07 Å². The van der Waals surface area contributed by atoms with Crippen LogP contribution in [0.5, 0.6) is 11.5 Å². The van der Waals surface area contributed by atoms with Crippen molar-refractivity contribution in [2.24, 2.45) is 11.5 Å². The Kier molecular flexibility index (Phi) is 27.7. The van der Waals surface area contributed by atoms with Crippen LogP contribution in [-0.4, -0.2) is 166 Å².